The van der Waals surface area contributed by atoms with Crippen molar-refractivity contribution in [3.63, 3.8) is 0 Å². The molecule has 0 heterocycles. The lowest BCUT2D eigenvalue weighted by Crippen LogP contribution is -2.55. The summed E-state index contributed by atoms with van der Waals surface area (Å²) in [5.41, 5.74) is 0. The van der Waals surface area contributed by atoms with E-state index in [4.69, 9.17) is 0 Å². The third-order valence-electron chi connectivity index (χ3n) is 7.33. The van der Waals surface area contributed by atoms with Gasteiger partial charge in [-0.15, -0.1) is 0 Å². The van der Waals surface area contributed by atoms with Crippen molar-refractivity contribution in [2.75, 3.05) is 21.1 Å². The van der Waals surface area contributed by atoms with Crippen LogP contribution in [0.3, 0.4) is 0 Å². The van der Waals surface area contributed by atoms with Crippen LogP contribution >= 0.6 is 8.03 Å². The Bertz CT molecular complexity index is 487. The van der Waals surface area contributed by atoms with Crippen molar-refractivity contribution >= 4 is 8.03 Å². The van der Waals surface area contributed by atoms with E-state index in [1.807, 2.05) is 21.1 Å². The molecule has 0 amide bonds. The van der Waals surface area contributed by atoms with Crippen LogP contribution < -0.4 is 4.89 Å². The Morgan fingerprint density at radius 1 is 0.606 bits per heavy atom. The molecular formula is C29H59NO2P+. The molecule has 3 nitrogen and oxygen atoms in total. The van der Waals surface area contributed by atoms with Crippen LogP contribution in [-0.2, 0) is 4.57 Å². The van der Waals surface area contributed by atoms with Crippen LogP contribution in [0.4, 0.5) is 0 Å². The summed E-state index contributed by atoms with van der Waals surface area (Å²) < 4.78 is 12.6. The van der Waals surface area contributed by atoms with Gasteiger partial charge in [-0.3, -0.25) is 4.48 Å². The van der Waals surface area contributed by atoms with Crippen LogP contribution in [0, 0.1) is 0 Å². The van der Waals surface area contributed by atoms with Gasteiger partial charge in [-0.25, -0.2) is 0 Å². The van der Waals surface area contributed by atoms with E-state index in [9.17, 15) is 9.46 Å². The van der Waals surface area contributed by atoms with Crippen molar-refractivity contribution in [2.24, 2.45) is 0 Å². The normalized spacial score (nSPS) is 14.7. The van der Waals surface area contributed by atoms with Crippen molar-refractivity contribution in [1.82, 2.24) is 0 Å². The minimum Gasteiger partial charge on any atom is -0.590 e. The lowest BCUT2D eigenvalue weighted by Gasteiger charge is -2.39. The molecule has 0 aliphatic heterocycles. The van der Waals surface area contributed by atoms with Gasteiger partial charge in [0.05, 0.1) is 21.1 Å². The summed E-state index contributed by atoms with van der Waals surface area (Å²) in [4.78, 5) is 12.1. The molecule has 196 valence electrons. The Morgan fingerprint density at radius 2 is 1.00 bits per heavy atom. The van der Waals surface area contributed by atoms with Gasteiger partial charge in [0.1, 0.15) is 0 Å². The maximum Gasteiger partial charge on any atom is 0.376 e. The van der Waals surface area contributed by atoms with Gasteiger partial charge in [0.25, 0.3) is 5.28 Å². The van der Waals surface area contributed by atoms with Crippen LogP contribution in [0.2, 0.25) is 0 Å². The molecule has 2 atom stereocenters. The molecule has 0 spiro atoms. The molecule has 0 aromatic heterocycles. The van der Waals surface area contributed by atoms with Gasteiger partial charge in [0, 0.05) is 12.8 Å². The molecule has 0 aliphatic rings. The fourth-order valence-corrected chi connectivity index (χ4v) is 6.22. The van der Waals surface area contributed by atoms with Gasteiger partial charge in [0.2, 0.25) is 0 Å². The molecule has 0 aliphatic carbocycles. The maximum atomic E-state index is 12.1. The van der Waals surface area contributed by atoms with Crippen LogP contribution in [0.25, 0.3) is 0 Å². The van der Waals surface area contributed by atoms with E-state index < -0.39 is 13.3 Å². The largest absolute Gasteiger partial charge is 0.590 e. The van der Waals surface area contributed by atoms with E-state index in [1.54, 1.807) is 0 Å². The topological polar surface area (TPSA) is 40.1 Å². The second kappa shape index (κ2) is 21.1. The quantitative estimate of drug-likeness (QED) is 0.0592. The molecule has 0 N–H and O–H groups in total. The molecule has 0 fully saturated rings. The first-order valence-electron chi connectivity index (χ1n) is 14.4. The van der Waals surface area contributed by atoms with Crippen molar-refractivity contribution in [2.45, 2.75) is 154 Å². The molecule has 0 rings (SSSR count). The van der Waals surface area contributed by atoms with E-state index >= 15 is 0 Å². The van der Waals surface area contributed by atoms with E-state index in [2.05, 4.69) is 26.0 Å². The maximum absolute atomic E-state index is 12.1. The molecule has 4 heteroatoms. The second-order valence-corrected chi connectivity index (χ2v) is 12.5. The zero-order valence-electron chi connectivity index (χ0n) is 23.2. The lowest BCUT2D eigenvalue weighted by molar-refractivity contribution is -0.910. The van der Waals surface area contributed by atoms with E-state index in [1.165, 1.54) is 103 Å². The first-order chi connectivity index (χ1) is 15.8. The summed E-state index contributed by atoms with van der Waals surface area (Å²) >= 11 is 0. The predicted octanol–water partition coefficient (Wildman–Crippen LogP) is 9.28. The lowest BCUT2D eigenvalue weighted by atomic mass is 9.99. The predicted molar refractivity (Wildman–Crippen MR) is 146 cm³/mol. The van der Waals surface area contributed by atoms with Gasteiger partial charge < -0.3 is 4.89 Å². The number of rotatable bonds is 24. The highest BCUT2D eigenvalue weighted by Crippen LogP contribution is 2.45. The summed E-state index contributed by atoms with van der Waals surface area (Å²) in [6, 6.07) is 0. The third kappa shape index (κ3) is 16.1. The fourth-order valence-electron chi connectivity index (χ4n) is 4.99. The Balaban J connectivity index is 3.61. The molecule has 0 aromatic carbocycles. The van der Waals surface area contributed by atoms with Crippen molar-refractivity contribution in [1.29, 1.82) is 0 Å². The molecule has 0 saturated carbocycles. The zero-order chi connectivity index (χ0) is 24.8. The Labute approximate surface area is 209 Å². The second-order valence-electron chi connectivity index (χ2n) is 11.1. The number of nitrogens with zero attached hydrogens (tertiary/aromatic N) is 1. The highest BCUT2D eigenvalue weighted by atomic mass is 31.1. The molecule has 33 heavy (non-hydrogen) atoms. The van der Waals surface area contributed by atoms with Gasteiger partial charge in [-0.05, 0) is 38.5 Å². The van der Waals surface area contributed by atoms with Crippen LogP contribution in [-0.4, -0.2) is 30.9 Å². The molecule has 0 bridgehead atoms. The minimum absolute atomic E-state index is 0.519. The van der Waals surface area contributed by atoms with Crippen LogP contribution in [0.1, 0.15) is 149 Å². The first kappa shape index (κ1) is 32.8. The average Bonchev–Trinajstić information content (AvgIpc) is 2.76. The summed E-state index contributed by atoms with van der Waals surface area (Å²) in [7, 11) is 3.67. The summed E-state index contributed by atoms with van der Waals surface area (Å²) in [6.45, 7) is 4.38. The summed E-state index contributed by atoms with van der Waals surface area (Å²) in [5, 5.41) is -0.594. The Morgan fingerprint density at radius 3 is 1.36 bits per heavy atom. The number of allylic oxidation sites excluding steroid dienone is 2. The summed E-state index contributed by atoms with van der Waals surface area (Å²) in [5.74, 6) is 0. The van der Waals surface area contributed by atoms with Crippen molar-refractivity contribution < 1.29 is 13.9 Å². The molecule has 0 saturated heterocycles. The standard InChI is InChI=1S/C29H59NO2P/c1-6-8-9-10-11-12-13-14-15-16-17-18-19-20-21-22-23-24-25-26-28-29(27-7-2,33(31)32)30(3,4)5/h18-19H,6-17,20-28H2,1-5H3/q+1/b19-18-. The first-order valence-corrected chi connectivity index (χ1v) is 15.6. The Kier molecular flexibility index (Phi) is 20.9. The van der Waals surface area contributed by atoms with Gasteiger partial charge in [-0.2, -0.15) is 0 Å². The van der Waals surface area contributed by atoms with E-state index in [-0.39, 0.29) is 0 Å². The van der Waals surface area contributed by atoms with Gasteiger partial charge in [-0.1, -0.05) is 114 Å². The van der Waals surface area contributed by atoms with Crippen LogP contribution in [0.15, 0.2) is 12.2 Å². The van der Waals surface area contributed by atoms with E-state index in [0.717, 1.165) is 32.1 Å². The van der Waals surface area contributed by atoms with Gasteiger partial charge in [0.15, 0.2) is 0 Å². The SMILES string of the molecule is CCCCCCCCCCCC/C=C\CCCCCCCCC(CCC)([P+](=O)[O-])[N+](C)(C)C. The fraction of sp³-hybridized carbons (Fsp3) is 0.931. The third-order valence-corrected chi connectivity index (χ3v) is 9.05. The number of hydrogen-bond donors (Lipinski definition) is 0. The molecule has 2 unspecified atom stereocenters. The van der Waals surface area contributed by atoms with E-state index in [0.29, 0.717) is 4.48 Å². The average molecular weight is 485 g/mol. The zero-order valence-corrected chi connectivity index (χ0v) is 24.1. The minimum atomic E-state index is -2.42. The monoisotopic (exact) mass is 484 g/mol. The van der Waals surface area contributed by atoms with Gasteiger partial charge >= 0.3 is 8.03 Å². The van der Waals surface area contributed by atoms with Crippen molar-refractivity contribution in [3.05, 3.63) is 12.2 Å². The molecular weight excluding hydrogens is 425 g/mol. The molecule has 0 aromatic rings. The highest BCUT2D eigenvalue weighted by Gasteiger charge is 2.53. The number of hydrogen-bond acceptors (Lipinski definition) is 2. The number of quaternary nitrogens is 1. The summed E-state index contributed by atoms with van der Waals surface area (Å²) in [6.07, 6.45) is 31.1. The number of unbranched alkanes of at least 4 members (excludes halogenated alkanes) is 16. The highest BCUT2D eigenvalue weighted by molar-refractivity contribution is 7.38. The smallest absolute Gasteiger partial charge is 0.376 e. The van der Waals surface area contributed by atoms with Crippen LogP contribution in [0.5, 0.6) is 0 Å². The molecule has 0 radical (unpaired) electrons. The van der Waals surface area contributed by atoms with Crippen molar-refractivity contribution in [3.8, 4) is 0 Å². The Hall–Kier alpha value is -0.240.